The Hall–Kier alpha value is -1.01. The van der Waals surface area contributed by atoms with Crippen molar-refractivity contribution >= 4 is 0 Å². The Morgan fingerprint density at radius 2 is 2.14 bits per heavy atom. The summed E-state index contributed by atoms with van der Waals surface area (Å²) in [5.74, 6) is -0.177. The number of aryl methyl sites for hydroxylation is 1. The van der Waals surface area contributed by atoms with Crippen LogP contribution in [0.15, 0.2) is 18.2 Å². The van der Waals surface area contributed by atoms with Crippen LogP contribution in [0, 0.1) is 12.7 Å². The van der Waals surface area contributed by atoms with Crippen LogP contribution in [0.5, 0.6) is 0 Å². The third kappa shape index (κ3) is 5.32. The molecule has 0 bridgehead atoms. The number of likely N-dealkylation sites (tertiary alicyclic amines) is 1. The predicted molar refractivity (Wildman–Crippen MR) is 85.3 cm³/mol. The average Bonchev–Trinajstić information content (AvgIpc) is 2.48. The average molecular weight is 310 g/mol. The van der Waals surface area contributed by atoms with Crippen molar-refractivity contribution < 1.29 is 14.2 Å². The number of nitrogens with zero attached hydrogens (tertiary/aromatic N) is 1. The van der Waals surface area contributed by atoms with E-state index in [1.807, 2.05) is 13.0 Å². The summed E-state index contributed by atoms with van der Waals surface area (Å²) in [6.45, 7) is 5.77. The molecule has 1 aromatic carbocycles. The zero-order chi connectivity index (χ0) is 15.9. The van der Waals surface area contributed by atoms with Crippen molar-refractivity contribution in [2.75, 3.05) is 33.4 Å². The van der Waals surface area contributed by atoms with Gasteiger partial charge in [-0.1, -0.05) is 6.07 Å². The first-order valence-corrected chi connectivity index (χ1v) is 7.96. The fraction of sp³-hybridized carbons (Fsp3) is 0.647. The van der Waals surface area contributed by atoms with Gasteiger partial charge in [-0.2, -0.15) is 0 Å². The summed E-state index contributed by atoms with van der Waals surface area (Å²) in [5, 5.41) is 13.3. The number of aliphatic hydroxyl groups excluding tert-OH is 1. The molecule has 1 aromatic rings. The maximum atomic E-state index is 13.1. The van der Waals surface area contributed by atoms with Gasteiger partial charge in [-0.3, -0.25) is 0 Å². The van der Waals surface area contributed by atoms with Crippen LogP contribution < -0.4 is 5.32 Å². The van der Waals surface area contributed by atoms with E-state index in [2.05, 4.69) is 10.2 Å². The van der Waals surface area contributed by atoms with E-state index in [1.165, 1.54) is 6.07 Å². The van der Waals surface area contributed by atoms with Crippen molar-refractivity contribution in [2.45, 2.75) is 38.5 Å². The lowest BCUT2D eigenvalue weighted by Gasteiger charge is -2.33. The van der Waals surface area contributed by atoms with Gasteiger partial charge in [0.2, 0.25) is 0 Å². The van der Waals surface area contributed by atoms with Gasteiger partial charge in [-0.15, -0.1) is 0 Å². The van der Waals surface area contributed by atoms with Gasteiger partial charge in [0.15, 0.2) is 0 Å². The number of hydrogen-bond donors (Lipinski definition) is 2. The van der Waals surface area contributed by atoms with E-state index in [4.69, 9.17) is 4.74 Å². The highest BCUT2D eigenvalue weighted by Crippen LogP contribution is 2.14. The number of halogens is 1. The topological polar surface area (TPSA) is 44.7 Å². The summed E-state index contributed by atoms with van der Waals surface area (Å²) in [5.41, 5.74) is 2.15. The standard InChI is InChI=1S/C17H27FN2O2/c1-13-9-15(18)4-3-14(13)10-19-16-5-7-20(8-6-16)11-17(21)12-22-2/h3-4,9,16-17,19,21H,5-8,10-12H2,1-2H3. The summed E-state index contributed by atoms with van der Waals surface area (Å²) in [6.07, 6.45) is 1.73. The highest BCUT2D eigenvalue weighted by Gasteiger charge is 2.20. The van der Waals surface area contributed by atoms with Crippen molar-refractivity contribution in [1.82, 2.24) is 10.2 Å². The zero-order valence-corrected chi connectivity index (χ0v) is 13.5. The smallest absolute Gasteiger partial charge is 0.123 e. The van der Waals surface area contributed by atoms with Gasteiger partial charge in [0.25, 0.3) is 0 Å². The summed E-state index contributed by atoms with van der Waals surface area (Å²) in [7, 11) is 1.61. The van der Waals surface area contributed by atoms with Crippen LogP contribution in [0.25, 0.3) is 0 Å². The first-order valence-electron chi connectivity index (χ1n) is 7.96. The molecule has 5 heteroatoms. The van der Waals surface area contributed by atoms with E-state index in [0.717, 1.165) is 43.6 Å². The molecule has 0 aromatic heterocycles. The van der Waals surface area contributed by atoms with Crippen LogP contribution in [0.3, 0.4) is 0 Å². The molecule has 1 unspecified atom stereocenters. The molecule has 2 N–H and O–H groups in total. The number of ether oxygens (including phenoxy) is 1. The molecular formula is C17H27FN2O2. The Bertz CT molecular complexity index is 462. The van der Waals surface area contributed by atoms with Crippen LogP contribution in [0.1, 0.15) is 24.0 Å². The first-order chi connectivity index (χ1) is 10.6. The lowest BCUT2D eigenvalue weighted by molar-refractivity contribution is 0.0310. The molecule has 4 nitrogen and oxygen atoms in total. The second kappa shape index (κ2) is 8.58. The molecule has 1 aliphatic heterocycles. The van der Waals surface area contributed by atoms with Gasteiger partial charge in [-0.05, 0) is 56.1 Å². The molecule has 1 aliphatic rings. The van der Waals surface area contributed by atoms with Crippen LogP contribution >= 0.6 is 0 Å². The van der Waals surface area contributed by atoms with Gasteiger partial charge >= 0.3 is 0 Å². The normalized spacial score (nSPS) is 18.5. The second-order valence-corrected chi connectivity index (χ2v) is 6.14. The quantitative estimate of drug-likeness (QED) is 0.804. The number of benzene rings is 1. The molecule has 1 heterocycles. The summed E-state index contributed by atoms with van der Waals surface area (Å²) in [4.78, 5) is 2.28. The maximum absolute atomic E-state index is 13.1. The molecule has 0 spiro atoms. The third-order valence-electron chi connectivity index (χ3n) is 4.30. The molecule has 1 atom stereocenters. The van der Waals surface area contributed by atoms with E-state index >= 15 is 0 Å². The summed E-state index contributed by atoms with van der Waals surface area (Å²) in [6, 6.07) is 5.44. The molecule has 1 fully saturated rings. The Labute approximate surface area is 132 Å². The fourth-order valence-corrected chi connectivity index (χ4v) is 2.97. The molecule has 22 heavy (non-hydrogen) atoms. The largest absolute Gasteiger partial charge is 0.389 e. The molecule has 0 amide bonds. The minimum Gasteiger partial charge on any atom is -0.389 e. The number of methoxy groups -OCH3 is 1. The maximum Gasteiger partial charge on any atom is 0.123 e. The van der Waals surface area contributed by atoms with Gasteiger partial charge in [0.05, 0.1) is 12.7 Å². The molecule has 124 valence electrons. The Kier molecular flexibility index (Phi) is 6.76. The molecular weight excluding hydrogens is 283 g/mol. The molecule has 0 saturated carbocycles. The SMILES string of the molecule is COCC(O)CN1CCC(NCc2ccc(F)cc2C)CC1. The van der Waals surface area contributed by atoms with Gasteiger partial charge in [-0.25, -0.2) is 4.39 Å². The number of rotatable bonds is 7. The monoisotopic (exact) mass is 310 g/mol. The molecule has 0 radical (unpaired) electrons. The number of hydrogen-bond acceptors (Lipinski definition) is 4. The Morgan fingerprint density at radius 1 is 1.41 bits per heavy atom. The van der Waals surface area contributed by atoms with Crippen LogP contribution in [0.4, 0.5) is 4.39 Å². The van der Waals surface area contributed by atoms with E-state index in [0.29, 0.717) is 19.2 Å². The van der Waals surface area contributed by atoms with E-state index in [9.17, 15) is 9.50 Å². The minimum atomic E-state index is -0.406. The lowest BCUT2D eigenvalue weighted by atomic mass is 10.0. The third-order valence-corrected chi connectivity index (χ3v) is 4.30. The van der Waals surface area contributed by atoms with Crippen molar-refractivity contribution in [3.63, 3.8) is 0 Å². The van der Waals surface area contributed by atoms with Gasteiger partial charge in [0, 0.05) is 26.2 Å². The predicted octanol–water partition coefficient (Wildman–Crippen LogP) is 1.70. The van der Waals surface area contributed by atoms with Gasteiger partial charge in [0.1, 0.15) is 5.82 Å². The van der Waals surface area contributed by atoms with Gasteiger partial charge < -0.3 is 20.1 Å². The van der Waals surface area contributed by atoms with E-state index in [1.54, 1.807) is 13.2 Å². The highest BCUT2D eigenvalue weighted by molar-refractivity contribution is 5.26. The van der Waals surface area contributed by atoms with Crippen LogP contribution in [0.2, 0.25) is 0 Å². The van der Waals surface area contributed by atoms with Crippen LogP contribution in [-0.2, 0) is 11.3 Å². The van der Waals surface area contributed by atoms with Crippen molar-refractivity contribution in [2.24, 2.45) is 0 Å². The van der Waals surface area contributed by atoms with Crippen molar-refractivity contribution in [3.8, 4) is 0 Å². The number of aliphatic hydroxyl groups is 1. The molecule has 0 aliphatic carbocycles. The molecule has 1 saturated heterocycles. The van der Waals surface area contributed by atoms with Crippen molar-refractivity contribution in [3.05, 3.63) is 35.1 Å². The lowest BCUT2D eigenvalue weighted by Crippen LogP contribution is -2.45. The fourth-order valence-electron chi connectivity index (χ4n) is 2.97. The number of β-amino-alcohol motifs (C(OH)–C–C–N with tert-alkyl or cyclic N) is 1. The Morgan fingerprint density at radius 3 is 2.77 bits per heavy atom. The zero-order valence-electron chi connectivity index (χ0n) is 13.5. The first kappa shape index (κ1) is 17.3. The van der Waals surface area contributed by atoms with Crippen molar-refractivity contribution in [1.29, 1.82) is 0 Å². The number of piperidine rings is 1. The van der Waals surface area contributed by atoms with E-state index in [-0.39, 0.29) is 5.82 Å². The summed E-state index contributed by atoms with van der Waals surface area (Å²) >= 11 is 0. The highest BCUT2D eigenvalue weighted by atomic mass is 19.1. The minimum absolute atomic E-state index is 0.177. The molecule has 2 rings (SSSR count). The Balaban J connectivity index is 1.71. The summed E-state index contributed by atoms with van der Waals surface area (Å²) < 4.78 is 18.0. The number of nitrogens with one attached hydrogen (secondary N) is 1. The second-order valence-electron chi connectivity index (χ2n) is 6.14. The van der Waals surface area contributed by atoms with Crippen LogP contribution in [-0.4, -0.2) is 55.5 Å². The van der Waals surface area contributed by atoms with E-state index < -0.39 is 6.10 Å².